The van der Waals surface area contributed by atoms with E-state index in [4.69, 9.17) is 9.15 Å². The number of benzene rings is 1. The Labute approximate surface area is 151 Å². The molecule has 3 rings (SSSR count). The number of carbonyl (C=O) groups excluding carboxylic acids is 1. The molecule has 2 aromatic heterocycles. The fraction of sp³-hybridized carbons (Fsp3) is 0.211. The smallest absolute Gasteiger partial charge is 0.270 e. The first-order chi connectivity index (χ1) is 12.5. The molecule has 26 heavy (non-hydrogen) atoms. The van der Waals surface area contributed by atoms with Crippen LogP contribution in [-0.2, 0) is 6.54 Å². The molecule has 7 heteroatoms. The Kier molecular flexibility index (Phi) is 5.17. The van der Waals surface area contributed by atoms with Crippen LogP contribution in [0, 0.1) is 13.8 Å². The van der Waals surface area contributed by atoms with Crippen molar-refractivity contribution in [3.05, 3.63) is 65.5 Å². The topological polar surface area (TPSA) is 89.3 Å². The Bertz CT molecular complexity index is 907. The summed E-state index contributed by atoms with van der Waals surface area (Å²) in [7, 11) is 1.61. The highest BCUT2D eigenvalue weighted by Gasteiger charge is 2.12. The minimum absolute atomic E-state index is 0.276. The monoisotopic (exact) mass is 352 g/mol. The van der Waals surface area contributed by atoms with Gasteiger partial charge in [-0.05, 0) is 43.7 Å². The van der Waals surface area contributed by atoms with Gasteiger partial charge in [-0.2, -0.15) is 0 Å². The lowest BCUT2D eigenvalue weighted by atomic mass is 10.2. The van der Waals surface area contributed by atoms with Crippen molar-refractivity contribution in [2.45, 2.75) is 20.4 Å². The Morgan fingerprint density at radius 3 is 2.77 bits per heavy atom. The van der Waals surface area contributed by atoms with Crippen LogP contribution in [0.5, 0.6) is 5.75 Å². The van der Waals surface area contributed by atoms with Crippen LogP contribution in [0.2, 0.25) is 0 Å². The van der Waals surface area contributed by atoms with Gasteiger partial charge in [-0.25, -0.2) is 9.97 Å². The molecule has 0 saturated carbocycles. The highest BCUT2D eigenvalue weighted by Crippen LogP contribution is 2.28. The minimum Gasteiger partial charge on any atom is -0.495 e. The number of furan rings is 1. The number of rotatable bonds is 6. The summed E-state index contributed by atoms with van der Waals surface area (Å²) in [6.45, 7) is 4.02. The average molecular weight is 352 g/mol. The molecular formula is C19H20N4O3. The summed E-state index contributed by atoms with van der Waals surface area (Å²) < 4.78 is 10.6. The van der Waals surface area contributed by atoms with Crippen molar-refractivity contribution < 1.29 is 13.9 Å². The van der Waals surface area contributed by atoms with Gasteiger partial charge in [0.25, 0.3) is 5.91 Å². The van der Waals surface area contributed by atoms with E-state index in [2.05, 4.69) is 20.6 Å². The molecule has 7 nitrogen and oxygen atoms in total. The lowest BCUT2D eigenvalue weighted by Gasteiger charge is -2.12. The van der Waals surface area contributed by atoms with Crippen LogP contribution < -0.4 is 15.4 Å². The predicted octanol–water partition coefficient (Wildman–Crippen LogP) is 3.37. The second-order valence-corrected chi connectivity index (χ2v) is 5.78. The van der Waals surface area contributed by atoms with Gasteiger partial charge in [0.15, 0.2) is 0 Å². The molecular weight excluding hydrogens is 332 g/mol. The number of nitrogens with zero attached hydrogens (tertiary/aromatic N) is 2. The van der Waals surface area contributed by atoms with E-state index in [1.807, 2.05) is 25.1 Å². The van der Waals surface area contributed by atoms with Crippen molar-refractivity contribution in [1.29, 1.82) is 0 Å². The fourth-order valence-electron chi connectivity index (χ4n) is 2.48. The van der Waals surface area contributed by atoms with Crippen molar-refractivity contribution in [1.82, 2.24) is 15.3 Å². The number of aryl methyl sites for hydroxylation is 2. The van der Waals surface area contributed by atoms with Gasteiger partial charge in [0.2, 0.25) is 0 Å². The molecule has 0 aliphatic heterocycles. The van der Waals surface area contributed by atoms with E-state index in [1.165, 1.54) is 0 Å². The lowest BCUT2D eigenvalue weighted by Crippen LogP contribution is -2.24. The van der Waals surface area contributed by atoms with Crippen LogP contribution in [0.3, 0.4) is 0 Å². The van der Waals surface area contributed by atoms with Gasteiger partial charge in [0, 0.05) is 6.07 Å². The summed E-state index contributed by atoms with van der Waals surface area (Å²) in [5, 5.41) is 5.97. The zero-order valence-corrected chi connectivity index (χ0v) is 14.9. The number of hydrogen-bond donors (Lipinski definition) is 2. The van der Waals surface area contributed by atoms with E-state index in [0.29, 0.717) is 29.7 Å². The Morgan fingerprint density at radius 1 is 1.19 bits per heavy atom. The van der Waals surface area contributed by atoms with Crippen molar-refractivity contribution >= 4 is 17.4 Å². The van der Waals surface area contributed by atoms with Crippen LogP contribution in [0.15, 0.2) is 47.1 Å². The molecule has 0 radical (unpaired) electrons. The first-order valence-electron chi connectivity index (χ1n) is 8.13. The SMILES string of the molecule is COc1ccc(C)cc1Nc1cc(C(=O)NCc2ccco2)nc(C)n1. The zero-order valence-electron chi connectivity index (χ0n) is 14.9. The van der Waals surface area contributed by atoms with Crippen LogP contribution in [0.1, 0.15) is 27.6 Å². The van der Waals surface area contributed by atoms with E-state index in [0.717, 1.165) is 11.3 Å². The molecule has 0 aliphatic carbocycles. The molecule has 0 atom stereocenters. The van der Waals surface area contributed by atoms with E-state index in [9.17, 15) is 4.79 Å². The van der Waals surface area contributed by atoms with Gasteiger partial charge >= 0.3 is 0 Å². The summed E-state index contributed by atoms with van der Waals surface area (Å²) in [4.78, 5) is 20.9. The molecule has 1 amide bonds. The van der Waals surface area contributed by atoms with Crippen molar-refractivity contribution in [3.8, 4) is 5.75 Å². The largest absolute Gasteiger partial charge is 0.495 e. The van der Waals surface area contributed by atoms with Crippen LogP contribution >= 0.6 is 0 Å². The second-order valence-electron chi connectivity index (χ2n) is 5.78. The van der Waals surface area contributed by atoms with Crippen molar-refractivity contribution in [2.75, 3.05) is 12.4 Å². The molecule has 2 N–H and O–H groups in total. The number of aromatic nitrogens is 2. The molecule has 0 unspecified atom stereocenters. The maximum absolute atomic E-state index is 12.4. The lowest BCUT2D eigenvalue weighted by molar-refractivity contribution is 0.0942. The van der Waals surface area contributed by atoms with Gasteiger partial charge in [-0.1, -0.05) is 6.07 Å². The number of carbonyl (C=O) groups is 1. The van der Waals surface area contributed by atoms with Crippen LogP contribution in [0.25, 0.3) is 0 Å². The van der Waals surface area contributed by atoms with Gasteiger partial charge < -0.3 is 19.8 Å². The van der Waals surface area contributed by atoms with Gasteiger partial charge in [0.05, 0.1) is 25.6 Å². The Hall–Kier alpha value is -3.35. The minimum atomic E-state index is -0.300. The normalized spacial score (nSPS) is 10.4. The summed E-state index contributed by atoms with van der Waals surface area (Å²) in [6, 6.07) is 11.0. The highest BCUT2D eigenvalue weighted by molar-refractivity contribution is 5.93. The molecule has 0 aliphatic rings. The summed E-state index contributed by atoms with van der Waals surface area (Å²) in [5.41, 5.74) is 2.13. The number of ether oxygens (including phenoxy) is 1. The summed E-state index contributed by atoms with van der Waals surface area (Å²) in [5.74, 6) is 2.07. The molecule has 2 heterocycles. The van der Waals surface area contributed by atoms with E-state index >= 15 is 0 Å². The fourth-order valence-corrected chi connectivity index (χ4v) is 2.48. The third-order valence-corrected chi connectivity index (χ3v) is 3.69. The number of nitrogens with one attached hydrogen (secondary N) is 2. The molecule has 0 fully saturated rings. The summed E-state index contributed by atoms with van der Waals surface area (Å²) in [6.07, 6.45) is 1.56. The second kappa shape index (κ2) is 7.69. The molecule has 134 valence electrons. The third-order valence-electron chi connectivity index (χ3n) is 3.69. The number of hydrogen-bond acceptors (Lipinski definition) is 6. The Morgan fingerprint density at radius 2 is 2.04 bits per heavy atom. The average Bonchev–Trinajstić information content (AvgIpc) is 3.13. The van der Waals surface area contributed by atoms with E-state index < -0.39 is 0 Å². The first-order valence-corrected chi connectivity index (χ1v) is 8.13. The molecule has 0 spiro atoms. The number of amides is 1. The Balaban J connectivity index is 1.79. The zero-order chi connectivity index (χ0) is 18.5. The highest BCUT2D eigenvalue weighted by atomic mass is 16.5. The van der Waals surface area contributed by atoms with Crippen LogP contribution in [0.4, 0.5) is 11.5 Å². The van der Waals surface area contributed by atoms with Crippen LogP contribution in [-0.4, -0.2) is 23.0 Å². The van der Waals surface area contributed by atoms with Gasteiger partial charge in [-0.15, -0.1) is 0 Å². The van der Waals surface area contributed by atoms with Crippen molar-refractivity contribution in [3.63, 3.8) is 0 Å². The number of methoxy groups -OCH3 is 1. The van der Waals surface area contributed by atoms with Gasteiger partial charge in [0.1, 0.15) is 28.8 Å². The molecule has 3 aromatic rings. The summed E-state index contributed by atoms with van der Waals surface area (Å²) >= 11 is 0. The van der Waals surface area contributed by atoms with E-state index in [-0.39, 0.29) is 11.6 Å². The quantitative estimate of drug-likeness (QED) is 0.707. The molecule has 0 saturated heterocycles. The standard InChI is InChI=1S/C19H20N4O3/c1-12-6-7-17(25-3)15(9-12)23-18-10-16(21-13(2)22-18)19(24)20-11-14-5-4-8-26-14/h4-10H,11H2,1-3H3,(H,20,24)(H,21,22,23). The maximum Gasteiger partial charge on any atom is 0.270 e. The number of anilines is 2. The predicted molar refractivity (Wildman–Crippen MR) is 97.7 cm³/mol. The van der Waals surface area contributed by atoms with Crippen molar-refractivity contribution in [2.24, 2.45) is 0 Å². The van der Waals surface area contributed by atoms with Gasteiger partial charge in [-0.3, -0.25) is 4.79 Å². The van der Waals surface area contributed by atoms with E-state index in [1.54, 1.807) is 38.5 Å². The first kappa shape index (κ1) is 17.5. The molecule has 0 bridgehead atoms. The third kappa shape index (κ3) is 4.18. The molecule has 1 aromatic carbocycles. The maximum atomic E-state index is 12.4.